The molecule has 0 aliphatic carbocycles. The van der Waals surface area contributed by atoms with Gasteiger partial charge in [-0.05, 0) is 19.3 Å². The highest BCUT2D eigenvalue weighted by Crippen LogP contribution is 2.28. The molecule has 2 bridgehead atoms. The highest BCUT2D eigenvalue weighted by molar-refractivity contribution is 7.13. The van der Waals surface area contributed by atoms with Crippen molar-refractivity contribution in [3.05, 3.63) is 10.6 Å². The van der Waals surface area contributed by atoms with Crippen LogP contribution in [0.1, 0.15) is 23.4 Å². The Morgan fingerprint density at radius 2 is 2.15 bits per heavy atom. The zero-order chi connectivity index (χ0) is 13.5. The molecule has 1 aromatic rings. The van der Waals surface area contributed by atoms with Crippen molar-refractivity contribution in [2.24, 2.45) is 0 Å². The minimum absolute atomic E-state index is 0.248. The maximum atomic E-state index is 12.2. The van der Waals surface area contributed by atoms with Gasteiger partial charge in [0.1, 0.15) is 0 Å². The number of likely N-dealkylation sites (tertiary alicyclic amines) is 1. The number of ether oxygens (including phenoxy) is 1. The van der Waals surface area contributed by atoms with Crippen molar-refractivity contribution in [2.75, 3.05) is 19.6 Å². The Kier molecular flexibility index (Phi) is 3.13. The number of hydrogen-bond acceptors (Lipinski definition) is 6. The van der Waals surface area contributed by atoms with Gasteiger partial charge in [-0.15, -0.1) is 0 Å². The molecule has 1 aromatic heterocycles. The van der Waals surface area contributed by atoms with Crippen molar-refractivity contribution in [2.45, 2.75) is 37.9 Å². The van der Waals surface area contributed by atoms with Gasteiger partial charge >= 0.3 is 6.09 Å². The number of nitrogens with one attached hydrogen (secondary N) is 2. The standard InChI is InChI=1S/C13H18N4O2S/c18-13(17-6-8-1-2-9(7-17)15-8)19-12-16-10-5-14-4-3-11(10)20-12/h8-9,14-15H,1-7H2. The van der Waals surface area contributed by atoms with Crippen LogP contribution in [0.2, 0.25) is 0 Å². The average Bonchev–Trinajstić information content (AvgIpc) is 3.01. The summed E-state index contributed by atoms with van der Waals surface area (Å²) in [7, 11) is 0. The molecule has 20 heavy (non-hydrogen) atoms. The first-order chi connectivity index (χ1) is 9.78. The molecule has 4 rings (SSSR count). The molecule has 3 aliphatic heterocycles. The van der Waals surface area contributed by atoms with Crippen LogP contribution >= 0.6 is 11.3 Å². The number of hydrogen-bond donors (Lipinski definition) is 2. The molecular weight excluding hydrogens is 276 g/mol. The Morgan fingerprint density at radius 3 is 2.90 bits per heavy atom. The van der Waals surface area contributed by atoms with E-state index in [0.717, 1.165) is 51.1 Å². The summed E-state index contributed by atoms with van der Waals surface area (Å²) in [6.45, 7) is 3.26. The fraction of sp³-hybridized carbons (Fsp3) is 0.692. The lowest BCUT2D eigenvalue weighted by Gasteiger charge is -2.31. The maximum absolute atomic E-state index is 12.2. The molecule has 3 aliphatic rings. The molecule has 2 saturated heterocycles. The second-order valence-corrected chi connectivity index (χ2v) is 6.73. The number of carbonyl (C=O) groups is 1. The molecule has 2 fully saturated rings. The summed E-state index contributed by atoms with van der Waals surface area (Å²) in [5.74, 6) is 0. The van der Waals surface area contributed by atoms with Crippen molar-refractivity contribution in [1.29, 1.82) is 0 Å². The largest absolute Gasteiger partial charge is 0.417 e. The van der Waals surface area contributed by atoms with E-state index >= 15 is 0 Å². The van der Waals surface area contributed by atoms with Gasteiger partial charge in [-0.1, -0.05) is 11.3 Å². The average molecular weight is 294 g/mol. The summed E-state index contributed by atoms with van der Waals surface area (Å²) in [6.07, 6.45) is 3.04. The molecule has 2 N–H and O–H groups in total. The van der Waals surface area contributed by atoms with Crippen LogP contribution in [0.5, 0.6) is 5.19 Å². The molecule has 1 amide bonds. The minimum Gasteiger partial charge on any atom is -0.381 e. The normalized spacial score (nSPS) is 28.3. The Morgan fingerprint density at radius 1 is 1.35 bits per heavy atom. The third kappa shape index (κ3) is 2.30. The lowest BCUT2D eigenvalue weighted by Crippen LogP contribution is -2.53. The number of amides is 1. The molecule has 4 heterocycles. The van der Waals surface area contributed by atoms with Gasteiger partial charge in [0.25, 0.3) is 5.19 Å². The van der Waals surface area contributed by atoms with E-state index in [1.54, 1.807) is 0 Å². The van der Waals surface area contributed by atoms with Crippen molar-refractivity contribution in [1.82, 2.24) is 20.5 Å². The Labute approximate surface area is 121 Å². The van der Waals surface area contributed by atoms with E-state index in [9.17, 15) is 4.79 Å². The first-order valence-electron chi connectivity index (χ1n) is 7.20. The quantitative estimate of drug-likeness (QED) is 0.799. The zero-order valence-corrected chi connectivity index (χ0v) is 12.0. The zero-order valence-electron chi connectivity index (χ0n) is 11.2. The summed E-state index contributed by atoms with van der Waals surface area (Å²) in [4.78, 5) is 19.7. The monoisotopic (exact) mass is 294 g/mol. The van der Waals surface area contributed by atoms with Crippen LogP contribution in [0.15, 0.2) is 0 Å². The van der Waals surface area contributed by atoms with Gasteiger partial charge in [-0.2, -0.15) is 0 Å². The van der Waals surface area contributed by atoms with Crippen LogP contribution in [0.4, 0.5) is 4.79 Å². The number of aromatic nitrogens is 1. The number of thiazole rings is 1. The topological polar surface area (TPSA) is 66.5 Å². The van der Waals surface area contributed by atoms with Crippen molar-refractivity contribution in [3.8, 4) is 5.19 Å². The number of carbonyl (C=O) groups excluding carboxylic acids is 1. The molecule has 7 heteroatoms. The number of fused-ring (bicyclic) bond motifs is 3. The summed E-state index contributed by atoms with van der Waals surface area (Å²) in [5, 5.41) is 7.28. The van der Waals surface area contributed by atoms with E-state index in [4.69, 9.17) is 4.74 Å². The first kappa shape index (κ1) is 12.6. The van der Waals surface area contributed by atoms with E-state index in [1.165, 1.54) is 16.2 Å². The van der Waals surface area contributed by atoms with Crippen LogP contribution in [-0.2, 0) is 13.0 Å². The van der Waals surface area contributed by atoms with Gasteiger partial charge < -0.3 is 20.3 Å². The van der Waals surface area contributed by atoms with Crippen LogP contribution in [0.25, 0.3) is 0 Å². The van der Waals surface area contributed by atoms with Crippen LogP contribution < -0.4 is 15.4 Å². The number of piperazine rings is 1. The lowest BCUT2D eigenvalue weighted by atomic mass is 10.2. The molecular formula is C13H18N4O2S. The predicted molar refractivity (Wildman–Crippen MR) is 75.1 cm³/mol. The van der Waals surface area contributed by atoms with Crippen LogP contribution in [0.3, 0.4) is 0 Å². The van der Waals surface area contributed by atoms with E-state index in [2.05, 4.69) is 15.6 Å². The SMILES string of the molecule is O=C(Oc1nc2c(s1)CCNC2)N1CC2CCC(C1)N2. The fourth-order valence-corrected chi connectivity index (χ4v) is 4.15. The minimum atomic E-state index is -0.248. The van der Waals surface area contributed by atoms with Crippen molar-refractivity contribution >= 4 is 17.4 Å². The molecule has 0 saturated carbocycles. The Balaban J connectivity index is 1.43. The summed E-state index contributed by atoms with van der Waals surface area (Å²) in [6, 6.07) is 0.880. The third-order valence-corrected chi connectivity index (χ3v) is 5.26. The van der Waals surface area contributed by atoms with Gasteiger partial charge in [0.2, 0.25) is 0 Å². The molecule has 108 valence electrons. The van der Waals surface area contributed by atoms with Gasteiger partial charge in [-0.25, -0.2) is 9.78 Å². The van der Waals surface area contributed by atoms with Crippen molar-refractivity contribution < 1.29 is 9.53 Å². The van der Waals surface area contributed by atoms with E-state index in [1.807, 2.05) is 4.90 Å². The van der Waals surface area contributed by atoms with Crippen LogP contribution in [0, 0.1) is 0 Å². The third-order valence-electron chi connectivity index (χ3n) is 4.23. The van der Waals surface area contributed by atoms with Crippen molar-refractivity contribution in [3.63, 3.8) is 0 Å². The Hall–Kier alpha value is -1.18. The molecule has 0 radical (unpaired) electrons. The summed E-state index contributed by atoms with van der Waals surface area (Å²) in [5.41, 5.74) is 1.03. The van der Waals surface area contributed by atoms with Gasteiger partial charge in [0.05, 0.1) is 5.69 Å². The second-order valence-electron chi connectivity index (χ2n) is 5.69. The first-order valence-corrected chi connectivity index (χ1v) is 8.01. The van der Waals surface area contributed by atoms with Crippen LogP contribution in [-0.4, -0.2) is 47.7 Å². The molecule has 2 atom stereocenters. The van der Waals surface area contributed by atoms with E-state index in [-0.39, 0.29) is 6.09 Å². The lowest BCUT2D eigenvalue weighted by molar-refractivity contribution is 0.133. The summed E-state index contributed by atoms with van der Waals surface area (Å²) < 4.78 is 5.47. The second kappa shape index (κ2) is 4.98. The summed E-state index contributed by atoms with van der Waals surface area (Å²) >= 11 is 1.51. The predicted octanol–water partition coefficient (Wildman–Crippen LogP) is 0.724. The van der Waals surface area contributed by atoms with Gasteiger partial charge in [0.15, 0.2) is 0 Å². The van der Waals surface area contributed by atoms with E-state index < -0.39 is 0 Å². The van der Waals surface area contributed by atoms with Gasteiger partial charge in [-0.3, -0.25) is 0 Å². The fourth-order valence-electron chi connectivity index (χ4n) is 3.23. The smallest absolute Gasteiger partial charge is 0.381 e. The molecule has 0 aromatic carbocycles. The van der Waals surface area contributed by atoms with E-state index in [0.29, 0.717) is 17.3 Å². The molecule has 6 nitrogen and oxygen atoms in total. The maximum Gasteiger partial charge on any atom is 0.417 e. The molecule has 2 unspecified atom stereocenters. The van der Waals surface area contributed by atoms with Gasteiger partial charge in [0, 0.05) is 43.1 Å². The molecule has 0 spiro atoms. The Bertz CT molecular complexity index is 497. The number of nitrogens with zero attached hydrogens (tertiary/aromatic N) is 2. The highest BCUT2D eigenvalue weighted by Gasteiger charge is 2.35. The highest BCUT2D eigenvalue weighted by atomic mass is 32.1. The number of rotatable bonds is 1.